The van der Waals surface area contributed by atoms with E-state index in [1.165, 1.54) is 0 Å². The summed E-state index contributed by atoms with van der Waals surface area (Å²) in [6.45, 7) is 0.652. The predicted octanol–water partition coefficient (Wildman–Crippen LogP) is -7.41. The van der Waals surface area contributed by atoms with Crippen LogP contribution >= 0.6 is 7.82 Å². The van der Waals surface area contributed by atoms with Crippen molar-refractivity contribution in [3.8, 4) is 0 Å². The van der Waals surface area contributed by atoms with Gasteiger partial charge in [-0.05, 0) is 0 Å². The van der Waals surface area contributed by atoms with Gasteiger partial charge < -0.3 is 48.6 Å². The molecule has 0 aliphatic heterocycles. The summed E-state index contributed by atoms with van der Waals surface area (Å²) in [5, 5.41) is 0. The summed E-state index contributed by atoms with van der Waals surface area (Å²) >= 11 is 0. The molecule has 0 aromatic rings. The van der Waals surface area contributed by atoms with Gasteiger partial charge in [0.25, 0.3) is 0 Å². The zero-order valence-electron chi connectivity index (χ0n) is 9.40. The molecule has 0 aliphatic rings. The predicted molar refractivity (Wildman–Crippen MR) is 63.9 cm³/mol. The first-order valence-electron chi connectivity index (χ1n) is 3.21. The maximum Gasteiger partial charge on any atom is -1.00 e. The molecule has 0 saturated heterocycles. The Bertz CT molecular complexity index is 174. The van der Waals surface area contributed by atoms with Crippen LogP contribution in [0.1, 0.15) is 0 Å². The van der Waals surface area contributed by atoms with Gasteiger partial charge in [-0.25, -0.2) is 4.57 Å². The van der Waals surface area contributed by atoms with Crippen molar-refractivity contribution in [1.82, 2.24) is 0 Å². The van der Waals surface area contributed by atoms with Crippen LogP contribution < -0.4 is 12.4 Å². The smallest absolute Gasteiger partial charge is 1.00 e. The summed E-state index contributed by atoms with van der Waals surface area (Å²) < 4.78 is 15.1. The van der Waals surface area contributed by atoms with E-state index in [9.17, 15) is 4.57 Å². The van der Waals surface area contributed by atoms with Crippen LogP contribution in [0, 0.1) is 0 Å². The van der Waals surface area contributed by atoms with Gasteiger partial charge in [-0.15, -0.1) is 0 Å². The van der Waals surface area contributed by atoms with E-state index in [1.54, 1.807) is 0 Å². The molecule has 0 atom stereocenters. The summed E-state index contributed by atoms with van der Waals surface area (Å²) in [6, 6.07) is 0. The van der Waals surface area contributed by atoms with Crippen LogP contribution in [0.4, 0.5) is 0 Å². The molecule has 0 saturated carbocycles. The molecule has 17 heavy (non-hydrogen) atoms. The average Bonchev–Trinajstić information content (AvgIpc) is 1.55. The van der Waals surface area contributed by atoms with Gasteiger partial charge in [-0.2, -0.15) is 0 Å². The Morgan fingerprint density at radius 3 is 1.53 bits per heavy atom. The Kier molecular flexibility index (Phi) is 44.0. The maximum absolute atomic E-state index is 10.2. The van der Waals surface area contributed by atoms with Crippen molar-refractivity contribution in [2.75, 3.05) is 34.3 Å². The van der Waals surface area contributed by atoms with E-state index in [2.05, 4.69) is 4.52 Å². The Morgan fingerprint density at radius 1 is 1.06 bits per heavy atom. The number of quaternary nitrogens is 1. The number of likely N-dealkylation sites (N-methyl/N-ethyl adjacent to an activating group) is 1. The van der Waals surface area contributed by atoms with Gasteiger partial charge in [-0.3, -0.25) is 4.52 Å². The monoisotopic (exact) mass is 333 g/mol. The van der Waals surface area contributed by atoms with Crippen LogP contribution in [0.25, 0.3) is 0 Å². The maximum atomic E-state index is 10.2. The molecule has 0 bridgehead atoms. The fraction of sp³-hybridized carbons (Fsp3) is 1.00. The fourth-order valence-electron chi connectivity index (χ4n) is 0.434. The van der Waals surface area contributed by atoms with E-state index in [-0.39, 0.29) is 78.7 Å². The van der Waals surface area contributed by atoms with Crippen LogP contribution in [-0.4, -0.2) is 108 Å². The summed E-state index contributed by atoms with van der Waals surface area (Å²) in [6.07, 6.45) is 0. The normalized spacial score (nSPS) is 8.76. The first-order chi connectivity index (χ1) is 4.71. The number of hydrogen-bond acceptors (Lipinski definition) is 2. The summed E-state index contributed by atoms with van der Waals surface area (Å²) in [5.74, 6) is 0. The van der Waals surface area contributed by atoms with E-state index in [4.69, 9.17) is 9.79 Å². The number of nitrogens with zero attached hydrogens (tertiary/aromatic N) is 1. The molecule has 0 heterocycles. The number of phosphoric ester groups is 1. The second kappa shape index (κ2) is 17.5. The zero-order valence-corrected chi connectivity index (χ0v) is 11.0. The third-order valence-electron chi connectivity index (χ3n) is 1.02. The number of rotatable bonds is 4. The minimum Gasteiger partial charge on any atom is -1.00 e. The molecular formula is C5H25CaClNO8P. The molecule has 0 aromatic carbocycles. The van der Waals surface area contributed by atoms with E-state index in [1.807, 2.05) is 21.1 Å². The van der Waals surface area contributed by atoms with Crippen molar-refractivity contribution in [2.24, 2.45) is 0 Å². The van der Waals surface area contributed by atoms with E-state index in [0.29, 0.717) is 11.0 Å². The molecule has 0 rings (SSSR count). The minimum atomic E-state index is -4.26. The molecule has 0 amide bonds. The van der Waals surface area contributed by atoms with E-state index < -0.39 is 7.82 Å². The molecule has 12 heteroatoms. The molecule has 0 unspecified atom stereocenters. The van der Waals surface area contributed by atoms with Crippen molar-refractivity contribution < 1.29 is 57.7 Å². The van der Waals surface area contributed by atoms with Crippen molar-refractivity contribution in [3.63, 3.8) is 0 Å². The van der Waals surface area contributed by atoms with Crippen molar-refractivity contribution in [2.45, 2.75) is 0 Å². The van der Waals surface area contributed by atoms with Crippen molar-refractivity contribution in [1.29, 1.82) is 0 Å². The van der Waals surface area contributed by atoms with Gasteiger partial charge in [0.1, 0.15) is 13.2 Å². The van der Waals surface area contributed by atoms with Crippen LogP contribution in [0.5, 0.6) is 0 Å². The third-order valence-corrected chi connectivity index (χ3v) is 1.54. The Morgan fingerprint density at radius 2 is 1.35 bits per heavy atom. The second-order valence-corrected chi connectivity index (χ2v) is 4.58. The van der Waals surface area contributed by atoms with Gasteiger partial charge in [0.05, 0.1) is 21.1 Å². The largest absolute Gasteiger partial charge is 1.00 e. The third kappa shape index (κ3) is 46.6. The molecule has 112 valence electrons. The van der Waals surface area contributed by atoms with Crippen LogP contribution in [0.15, 0.2) is 0 Å². The van der Waals surface area contributed by atoms with Gasteiger partial charge in [-0.1, -0.05) is 0 Å². The molecule has 9 nitrogen and oxygen atoms in total. The molecule has 10 N–H and O–H groups in total. The standard InChI is InChI=1S/C5H14NO4P.Ca.ClH.4H2O.2H/c1-6(2,3)4-5-10-11(7,8)9;;;;;;;;/h4-5H2,1-3H3,(H-,7,8,9);;1H;4*1H2;;. The van der Waals surface area contributed by atoms with Crippen LogP contribution in [0.2, 0.25) is 0 Å². The van der Waals surface area contributed by atoms with E-state index in [0.717, 1.165) is 0 Å². The quantitative estimate of drug-likeness (QED) is 0.293. The summed E-state index contributed by atoms with van der Waals surface area (Å²) in [7, 11) is 1.50. The molecular weight excluding hydrogens is 309 g/mol. The van der Waals surface area contributed by atoms with Crippen molar-refractivity contribution in [3.05, 3.63) is 0 Å². The molecule has 0 aliphatic carbocycles. The van der Waals surface area contributed by atoms with Gasteiger partial charge in [0.15, 0.2) is 0 Å². The minimum absolute atomic E-state index is 0. The van der Waals surface area contributed by atoms with Gasteiger partial charge >= 0.3 is 45.6 Å². The number of phosphoric acid groups is 1. The van der Waals surface area contributed by atoms with E-state index >= 15 is 0 Å². The summed E-state index contributed by atoms with van der Waals surface area (Å²) in [5.41, 5.74) is 0. The first kappa shape index (κ1) is 42.9. The molecule has 0 spiro atoms. The van der Waals surface area contributed by atoms with Gasteiger partial charge in [0.2, 0.25) is 0 Å². The Labute approximate surface area is 137 Å². The first-order valence-corrected chi connectivity index (χ1v) is 4.74. The Balaban J connectivity index is -0.0000000333. The topological polar surface area (TPSA) is 193 Å². The van der Waals surface area contributed by atoms with Gasteiger partial charge in [0, 0.05) is 0 Å². The van der Waals surface area contributed by atoms with Crippen LogP contribution in [-0.2, 0) is 9.09 Å². The number of halogens is 1. The summed E-state index contributed by atoms with van der Waals surface area (Å²) in [4.78, 5) is 16.6. The Hall–Kier alpha value is 1.46. The average molecular weight is 334 g/mol. The van der Waals surface area contributed by atoms with Crippen molar-refractivity contribution >= 4 is 45.6 Å². The second-order valence-electron chi connectivity index (χ2n) is 3.34. The number of hydrogen-bond donors (Lipinski definition) is 2. The fourth-order valence-corrected chi connectivity index (χ4v) is 0.753. The molecule has 0 fully saturated rings. The van der Waals surface area contributed by atoms with Crippen LogP contribution in [0.3, 0.4) is 0 Å². The zero-order chi connectivity index (χ0) is 9.12. The molecule has 0 aromatic heterocycles. The SMILES string of the molecule is C[N+](C)(C)CCOP(=O)(O)O.O.O.O.O.[CaH2].[Cl-]. The molecule has 0 radical (unpaired) electrons.